The zero-order valence-corrected chi connectivity index (χ0v) is 11.2. The number of aromatic nitrogens is 1. The number of halogens is 4. The highest BCUT2D eigenvalue weighted by Crippen LogP contribution is 2.26. The van der Waals surface area contributed by atoms with Crippen LogP contribution in [0.3, 0.4) is 0 Å². The van der Waals surface area contributed by atoms with E-state index in [1.165, 1.54) is 18.3 Å². The van der Waals surface area contributed by atoms with Crippen molar-refractivity contribution in [2.45, 2.75) is 0 Å². The molecule has 8 heteroatoms. The van der Waals surface area contributed by atoms with Gasteiger partial charge in [-0.2, -0.15) is 4.39 Å². The maximum Gasteiger partial charge on any atom is 0.258 e. The molecular weight excluding hydrogens is 341 g/mol. The molecule has 0 unspecified atom stereocenters. The van der Waals surface area contributed by atoms with Crippen LogP contribution < -0.4 is 5.32 Å². The van der Waals surface area contributed by atoms with Crippen LogP contribution in [0.25, 0.3) is 0 Å². The maximum absolute atomic E-state index is 13.5. The molecule has 104 valence electrons. The normalized spacial score (nSPS) is 10.4. The third kappa shape index (κ3) is 2.74. The first-order chi connectivity index (χ1) is 9.40. The lowest BCUT2D eigenvalue weighted by Crippen LogP contribution is -2.15. The van der Waals surface area contributed by atoms with Crippen LogP contribution in [0, 0.1) is 17.5 Å². The summed E-state index contributed by atoms with van der Waals surface area (Å²) in [5.41, 5.74) is -0.592. The van der Waals surface area contributed by atoms with Gasteiger partial charge >= 0.3 is 0 Å². The number of aromatic hydroxyl groups is 1. The van der Waals surface area contributed by atoms with Gasteiger partial charge in [-0.05, 0) is 34.1 Å². The monoisotopic (exact) mass is 346 g/mol. The number of rotatable bonds is 2. The standard InChI is InChI=1S/C12H6BrF3N2O2/c13-8-2-1-5(4-17-8)18-12(20)6-3-7(14)10(16)11(19)9(6)15/h1-4,19H,(H,18,20). The Kier molecular flexibility index (Phi) is 3.93. The van der Waals surface area contributed by atoms with Gasteiger partial charge in [0.25, 0.3) is 5.91 Å². The fourth-order valence-corrected chi connectivity index (χ4v) is 1.64. The highest BCUT2D eigenvalue weighted by molar-refractivity contribution is 9.10. The van der Waals surface area contributed by atoms with E-state index in [-0.39, 0.29) is 5.69 Å². The van der Waals surface area contributed by atoms with Crippen molar-refractivity contribution >= 4 is 27.5 Å². The summed E-state index contributed by atoms with van der Waals surface area (Å²) in [7, 11) is 0. The van der Waals surface area contributed by atoms with Gasteiger partial charge < -0.3 is 10.4 Å². The Morgan fingerprint density at radius 2 is 1.95 bits per heavy atom. The second-order valence-electron chi connectivity index (χ2n) is 3.71. The molecule has 0 saturated carbocycles. The van der Waals surface area contributed by atoms with Crippen molar-refractivity contribution in [2.75, 3.05) is 5.32 Å². The van der Waals surface area contributed by atoms with E-state index in [1.54, 1.807) is 0 Å². The first-order valence-electron chi connectivity index (χ1n) is 5.19. The average molecular weight is 347 g/mol. The molecule has 2 aromatic rings. The van der Waals surface area contributed by atoms with Gasteiger partial charge in [-0.3, -0.25) is 4.79 Å². The highest BCUT2D eigenvalue weighted by Gasteiger charge is 2.22. The van der Waals surface area contributed by atoms with Gasteiger partial charge in [0.05, 0.1) is 17.4 Å². The van der Waals surface area contributed by atoms with Gasteiger partial charge in [-0.25, -0.2) is 13.8 Å². The van der Waals surface area contributed by atoms with Gasteiger partial charge in [0.1, 0.15) is 4.60 Å². The van der Waals surface area contributed by atoms with E-state index in [4.69, 9.17) is 5.11 Å². The summed E-state index contributed by atoms with van der Waals surface area (Å²) < 4.78 is 40.0. The number of benzene rings is 1. The van der Waals surface area contributed by atoms with E-state index in [1.807, 2.05) is 0 Å². The van der Waals surface area contributed by atoms with Crippen LogP contribution in [0.15, 0.2) is 29.0 Å². The van der Waals surface area contributed by atoms with Crippen LogP contribution in [0.5, 0.6) is 5.75 Å². The number of hydrogen-bond acceptors (Lipinski definition) is 3. The van der Waals surface area contributed by atoms with E-state index >= 15 is 0 Å². The Labute approximate surface area is 119 Å². The first-order valence-corrected chi connectivity index (χ1v) is 5.99. The minimum absolute atomic E-state index is 0.224. The van der Waals surface area contributed by atoms with E-state index < -0.39 is 34.7 Å². The number of nitrogens with zero attached hydrogens (tertiary/aromatic N) is 1. The lowest BCUT2D eigenvalue weighted by Gasteiger charge is -2.08. The molecule has 0 aliphatic carbocycles. The minimum Gasteiger partial charge on any atom is -0.503 e. The summed E-state index contributed by atoms with van der Waals surface area (Å²) in [5, 5.41) is 11.3. The van der Waals surface area contributed by atoms with E-state index in [0.717, 1.165) is 0 Å². The molecule has 2 rings (SSSR count). The van der Waals surface area contributed by atoms with Crippen LogP contribution in [-0.4, -0.2) is 16.0 Å². The van der Waals surface area contributed by atoms with Crippen LogP contribution in [0.2, 0.25) is 0 Å². The average Bonchev–Trinajstić information content (AvgIpc) is 2.43. The molecular formula is C12H6BrF3N2O2. The van der Waals surface area contributed by atoms with Gasteiger partial charge in [0.15, 0.2) is 17.4 Å². The Balaban J connectivity index is 2.32. The summed E-state index contributed by atoms with van der Waals surface area (Å²) in [5.74, 6) is -7.39. The SMILES string of the molecule is O=C(Nc1ccc(Br)nc1)c1cc(F)c(F)c(O)c1F. The zero-order chi connectivity index (χ0) is 14.9. The van der Waals surface area contributed by atoms with Crippen LogP contribution in [0.4, 0.5) is 18.9 Å². The third-order valence-electron chi connectivity index (χ3n) is 2.36. The van der Waals surface area contributed by atoms with E-state index in [2.05, 4.69) is 26.2 Å². The van der Waals surface area contributed by atoms with Crippen molar-refractivity contribution in [3.05, 3.63) is 52.0 Å². The van der Waals surface area contributed by atoms with Crippen molar-refractivity contribution in [2.24, 2.45) is 0 Å². The van der Waals surface area contributed by atoms with E-state index in [9.17, 15) is 18.0 Å². The number of phenols is 1. The molecule has 4 nitrogen and oxygen atoms in total. The molecule has 0 radical (unpaired) electrons. The van der Waals surface area contributed by atoms with Gasteiger partial charge in [-0.15, -0.1) is 0 Å². The Bertz CT molecular complexity index is 677. The number of carbonyl (C=O) groups is 1. The minimum atomic E-state index is -1.75. The predicted octanol–water partition coefficient (Wildman–Crippen LogP) is 3.22. The number of pyridine rings is 1. The molecule has 0 fully saturated rings. The van der Waals surface area contributed by atoms with E-state index in [0.29, 0.717) is 10.7 Å². The number of hydrogen-bond donors (Lipinski definition) is 2. The summed E-state index contributed by atoms with van der Waals surface area (Å²) >= 11 is 3.09. The van der Waals surface area contributed by atoms with Gasteiger partial charge in [0.2, 0.25) is 5.82 Å². The molecule has 0 aliphatic heterocycles. The van der Waals surface area contributed by atoms with Crippen LogP contribution in [-0.2, 0) is 0 Å². The second-order valence-corrected chi connectivity index (χ2v) is 4.52. The molecule has 0 saturated heterocycles. The molecule has 20 heavy (non-hydrogen) atoms. The fraction of sp³-hybridized carbons (Fsp3) is 0. The van der Waals surface area contributed by atoms with Crippen LogP contribution >= 0.6 is 15.9 Å². The molecule has 1 aromatic heterocycles. The number of amides is 1. The largest absolute Gasteiger partial charge is 0.503 e. The van der Waals surface area contributed by atoms with Crippen molar-refractivity contribution < 1.29 is 23.1 Å². The summed E-state index contributed by atoms with van der Waals surface area (Å²) in [6.45, 7) is 0. The Morgan fingerprint density at radius 3 is 2.55 bits per heavy atom. The quantitative estimate of drug-likeness (QED) is 0.648. The molecule has 1 heterocycles. The molecule has 2 N–H and O–H groups in total. The molecule has 0 spiro atoms. The van der Waals surface area contributed by atoms with Crippen molar-refractivity contribution in [3.8, 4) is 5.75 Å². The topological polar surface area (TPSA) is 62.2 Å². The second kappa shape index (κ2) is 5.49. The third-order valence-corrected chi connectivity index (χ3v) is 2.83. The smallest absolute Gasteiger partial charge is 0.258 e. The molecule has 1 amide bonds. The van der Waals surface area contributed by atoms with Crippen molar-refractivity contribution in [3.63, 3.8) is 0 Å². The maximum atomic E-state index is 13.5. The summed E-state index contributed by atoms with van der Waals surface area (Å²) in [6, 6.07) is 3.35. The summed E-state index contributed by atoms with van der Waals surface area (Å²) in [6.07, 6.45) is 1.28. The van der Waals surface area contributed by atoms with Gasteiger partial charge in [-0.1, -0.05) is 0 Å². The number of carbonyl (C=O) groups excluding carboxylic acids is 1. The van der Waals surface area contributed by atoms with Crippen molar-refractivity contribution in [1.29, 1.82) is 0 Å². The molecule has 0 atom stereocenters. The number of nitrogens with one attached hydrogen (secondary N) is 1. The Hall–Kier alpha value is -2.09. The van der Waals surface area contributed by atoms with Crippen LogP contribution in [0.1, 0.15) is 10.4 Å². The highest BCUT2D eigenvalue weighted by atomic mass is 79.9. The first kappa shape index (κ1) is 14.3. The molecule has 0 bridgehead atoms. The predicted molar refractivity (Wildman–Crippen MR) is 67.9 cm³/mol. The molecule has 0 aliphatic rings. The zero-order valence-electron chi connectivity index (χ0n) is 9.62. The lowest BCUT2D eigenvalue weighted by molar-refractivity contribution is 0.102. The number of phenolic OH excluding ortho intramolecular Hbond substituents is 1. The molecule has 1 aromatic carbocycles. The van der Waals surface area contributed by atoms with Gasteiger partial charge in [0, 0.05) is 0 Å². The Morgan fingerprint density at radius 1 is 1.25 bits per heavy atom. The van der Waals surface area contributed by atoms with Crippen molar-refractivity contribution in [1.82, 2.24) is 4.98 Å². The summed E-state index contributed by atoms with van der Waals surface area (Å²) in [4.78, 5) is 15.6. The fourth-order valence-electron chi connectivity index (χ4n) is 1.40. The number of anilines is 1. The lowest BCUT2D eigenvalue weighted by atomic mass is 10.1.